The molecular weight excluding hydrogens is 177 g/mol. The third-order valence-electron chi connectivity index (χ3n) is 1.08. The molecule has 5 heteroatoms. The van der Waals surface area contributed by atoms with Crippen LogP contribution in [-0.4, -0.2) is 16.1 Å². The molecule has 11 heavy (non-hydrogen) atoms. The lowest BCUT2D eigenvalue weighted by Gasteiger charge is -2.05. The van der Waals surface area contributed by atoms with Gasteiger partial charge in [-0.2, -0.15) is 8.78 Å². The van der Waals surface area contributed by atoms with E-state index in [0.717, 1.165) is 0 Å². The number of allylic oxidation sites excluding steroid dienone is 1. The van der Waals surface area contributed by atoms with E-state index in [9.17, 15) is 17.7 Å². The van der Waals surface area contributed by atoms with E-state index in [2.05, 4.69) is 0 Å². The van der Waals surface area contributed by atoms with Crippen LogP contribution >= 0.6 is 0 Å². The molecule has 0 saturated heterocycles. The molecule has 1 unspecified atom stereocenters. The first-order valence-electron chi connectivity index (χ1n) is 3.12. The highest BCUT2D eigenvalue weighted by Gasteiger charge is 2.09. The summed E-state index contributed by atoms with van der Waals surface area (Å²) in [4.78, 5) is 0. The van der Waals surface area contributed by atoms with Gasteiger partial charge in [-0.15, -0.1) is 0 Å². The summed E-state index contributed by atoms with van der Waals surface area (Å²) < 4.78 is 45.4. The fourth-order valence-corrected chi connectivity index (χ4v) is 1.14. The van der Waals surface area contributed by atoms with Crippen molar-refractivity contribution in [2.75, 3.05) is 11.5 Å². The molecule has 0 aromatic rings. The molecule has 0 radical (unpaired) electrons. The topological polar surface area (TPSA) is 23.1 Å². The fraction of sp³-hybridized carbons (Fsp3) is 0.667. The van der Waals surface area contributed by atoms with Crippen LogP contribution in [0.1, 0.15) is 13.3 Å². The standard InChI is InChI=1S/C6H9F3OS/c1-2-11(10)4-3-5(7)6(8)9/h2-4H2,1H3. The highest BCUT2D eigenvalue weighted by molar-refractivity contribution is 7.91. The maximum atomic E-state index is 12.0. The zero-order valence-electron chi connectivity index (χ0n) is 6.07. The smallest absolute Gasteiger partial charge is 0.301 e. The van der Waals surface area contributed by atoms with Crippen molar-refractivity contribution >= 4 is 11.2 Å². The van der Waals surface area contributed by atoms with Crippen LogP contribution in [0.5, 0.6) is 0 Å². The van der Waals surface area contributed by atoms with Crippen LogP contribution < -0.4 is 0 Å². The molecule has 0 spiro atoms. The number of hydrogen-bond donors (Lipinski definition) is 0. The van der Waals surface area contributed by atoms with Crippen LogP contribution in [0.15, 0.2) is 11.9 Å². The lowest BCUT2D eigenvalue weighted by molar-refractivity contribution is 0.373. The summed E-state index contributed by atoms with van der Waals surface area (Å²) in [6.45, 7) is 1.66. The summed E-state index contributed by atoms with van der Waals surface area (Å²) in [7, 11) is 0. The molecule has 1 atom stereocenters. The minimum atomic E-state index is -2.31. The lowest BCUT2D eigenvalue weighted by atomic mass is 10.4. The van der Waals surface area contributed by atoms with E-state index in [1.165, 1.54) is 0 Å². The van der Waals surface area contributed by atoms with Crippen LogP contribution in [0, 0.1) is 0 Å². The Morgan fingerprint density at radius 2 is 1.91 bits per heavy atom. The van der Waals surface area contributed by atoms with E-state index < -0.39 is 29.5 Å². The Morgan fingerprint density at radius 1 is 1.36 bits per heavy atom. The first-order chi connectivity index (χ1) is 5.07. The predicted octanol–water partition coefficient (Wildman–Crippen LogP) is 2.22. The Hall–Kier alpha value is -0.160. The summed E-state index contributed by atoms with van der Waals surface area (Å²) in [5, 5.41) is 0. The summed E-state index contributed by atoms with van der Waals surface area (Å²) in [6, 6.07) is 0. The van der Waals surface area contributed by atoms with Gasteiger partial charge in [0.25, 0.3) is 0 Å². The van der Waals surface area contributed by atoms with Gasteiger partial charge < -0.3 is 4.55 Å². The molecular formula is C6H9F3OS. The molecule has 0 aliphatic heterocycles. The van der Waals surface area contributed by atoms with Crippen molar-refractivity contribution in [2.45, 2.75) is 13.3 Å². The molecule has 0 aromatic heterocycles. The first kappa shape index (κ1) is 10.8. The molecule has 0 amide bonds. The molecule has 66 valence electrons. The highest BCUT2D eigenvalue weighted by atomic mass is 32.2. The second-order valence-electron chi connectivity index (χ2n) is 1.85. The Balaban J connectivity index is 3.63. The van der Waals surface area contributed by atoms with Gasteiger partial charge in [-0.25, -0.2) is 4.39 Å². The molecule has 0 heterocycles. The SMILES string of the molecule is CC[S+]([O-])CCC(F)=C(F)F. The molecule has 0 aromatic carbocycles. The van der Waals surface area contributed by atoms with E-state index >= 15 is 0 Å². The third kappa shape index (κ3) is 5.15. The predicted molar refractivity (Wildman–Crippen MR) is 38.5 cm³/mol. The Morgan fingerprint density at radius 3 is 2.27 bits per heavy atom. The van der Waals surface area contributed by atoms with Gasteiger partial charge >= 0.3 is 6.08 Å². The quantitative estimate of drug-likeness (QED) is 0.617. The van der Waals surface area contributed by atoms with Crippen molar-refractivity contribution in [1.29, 1.82) is 0 Å². The van der Waals surface area contributed by atoms with Gasteiger partial charge in [-0.3, -0.25) is 0 Å². The molecule has 0 rings (SSSR count). The van der Waals surface area contributed by atoms with E-state index in [-0.39, 0.29) is 5.75 Å². The van der Waals surface area contributed by atoms with Crippen molar-refractivity contribution in [3.63, 3.8) is 0 Å². The first-order valence-corrected chi connectivity index (χ1v) is 4.61. The maximum absolute atomic E-state index is 12.0. The molecule has 0 N–H and O–H groups in total. The van der Waals surface area contributed by atoms with Gasteiger partial charge in [-0.1, -0.05) is 11.2 Å². The average molecular weight is 186 g/mol. The van der Waals surface area contributed by atoms with E-state index in [1.807, 2.05) is 0 Å². The second-order valence-corrected chi connectivity index (χ2v) is 3.71. The molecule has 0 bridgehead atoms. The molecule has 0 saturated carbocycles. The zero-order valence-corrected chi connectivity index (χ0v) is 6.89. The minimum absolute atomic E-state index is 0.0281. The summed E-state index contributed by atoms with van der Waals surface area (Å²) in [6.07, 6.45) is -2.74. The lowest BCUT2D eigenvalue weighted by Crippen LogP contribution is -2.08. The third-order valence-corrected chi connectivity index (χ3v) is 2.38. The van der Waals surface area contributed by atoms with Crippen LogP contribution in [-0.2, 0) is 11.2 Å². The average Bonchev–Trinajstić information content (AvgIpc) is 1.99. The van der Waals surface area contributed by atoms with Gasteiger partial charge in [0.2, 0.25) is 0 Å². The summed E-state index contributed by atoms with van der Waals surface area (Å²) in [5.41, 5.74) is 0. The van der Waals surface area contributed by atoms with Crippen molar-refractivity contribution < 1.29 is 17.7 Å². The van der Waals surface area contributed by atoms with Crippen LogP contribution in [0.3, 0.4) is 0 Å². The minimum Gasteiger partial charge on any atom is -0.616 e. The van der Waals surface area contributed by atoms with Gasteiger partial charge in [-0.05, 0) is 6.92 Å². The van der Waals surface area contributed by atoms with E-state index in [0.29, 0.717) is 5.75 Å². The number of hydrogen-bond acceptors (Lipinski definition) is 1. The Kier molecular flexibility index (Phi) is 5.41. The maximum Gasteiger partial charge on any atom is 0.301 e. The van der Waals surface area contributed by atoms with Crippen molar-refractivity contribution in [3.8, 4) is 0 Å². The van der Waals surface area contributed by atoms with Gasteiger partial charge in [0.15, 0.2) is 5.83 Å². The normalized spacial score (nSPS) is 12.8. The molecule has 0 aliphatic rings. The second kappa shape index (κ2) is 5.49. The molecule has 0 fully saturated rings. The van der Waals surface area contributed by atoms with Gasteiger partial charge in [0.05, 0.1) is 0 Å². The fourth-order valence-electron chi connectivity index (χ4n) is 0.442. The summed E-state index contributed by atoms with van der Waals surface area (Å²) in [5.74, 6) is -1.10. The van der Waals surface area contributed by atoms with Crippen molar-refractivity contribution in [1.82, 2.24) is 0 Å². The van der Waals surface area contributed by atoms with E-state index in [4.69, 9.17) is 0 Å². The Labute approximate surface area is 66.5 Å². The summed E-state index contributed by atoms with van der Waals surface area (Å²) >= 11 is -1.17. The largest absolute Gasteiger partial charge is 0.616 e. The van der Waals surface area contributed by atoms with Crippen LogP contribution in [0.25, 0.3) is 0 Å². The van der Waals surface area contributed by atoms with Gasteiger partial charge in [0.1, 0.15) is 11.5 Å². The molecule has 1 nitrogen and oxygen atoms in total. The zero-order chi connectivity index (χ0) is 8.85. The van der Waals surface area contributed by atoms with Crippen molar-refractivity contribution in [3.05, 3.63) is 11.9 Å². The van der Waals surface area contributed by atoms with Gasteiger partial charge in [0, 0.05) is 6.42 Å². The van der Waals surface area contributed by atoms with Crippen LogP contribution in [0.2, 0.25) is 0 Å². The highest BCUT2D eigenvalue weighted by Crippen LogP contribution is 2.13. The number of rotatable bonds is 4. The Bertz CT molecular complexity index is 145. The van der Waals surface area contributed by atoms with Crippen LogP contribution in [0.4, 0.5) is 13.2 Å². The number of halogens is 3. The molecule has 0 aliphatic carbocycles. The van der Waals surface area contributed by atoms with E-state index in [1.54, 1.807) is 6.92 Å². The monoisotopic (exact) mass is 186 g/mol. The van der Waals surface area contributed by atoms with Crippen molar-refractivity contribution in [2.24, 2.45) is 0 Å².